The average molecular weight is 274 g/mol. The van der Waals surface area contributed by atoms with Crippen LogP contribution in [-0.2, 0) is 9.31 Å². The third-order valence-corrected chi connectivity index (χ3v) is 4.20. The summed E-state index contributed by atoms with van der Waals surface area (Å²) in [6.07, 6.45) is 5.65. The van der Waals surface area contributed by atoms with Gasteiger partial charge in [-0.3, -0.25) is 4.98 Å². The predicted molar refractivity (Wildman–Crippen MR) is 82.1 cm³/mol. The molecule has 1 aliphatic heterocycles. The molecule has 0 atom stereocenters. The van der Waals surface area contributed by atoms with Crippen LogP contribution in [0.3, 0.4) is 0 Å². The lowest BCUT2D eigenvalue weighted by atomic mass is 9.77. The second kappa shape index (κ2) is 5.32. The summed E-state index contributed by atoms with van der Waals surface area (Å²) in [5.74, 6) is 0. The normalized spacial score (nSPS) is 21.3. The maximum atomic E-state index is 6.04. The van der Waals surface area contributed by atoms with E-state index >= 15 is 0 Å². The molecule has 0 unspecified atom stereocenters. The minimum atomic E-state index is -0.391. The largest absolute Gasteiger partial charge is 0.491 e. The monoisotopic (exact) mass is 274 g/mol. The maximum Gasteiger partial charge on any atom is 0.491 e. The highest BCUT2D eigenvalue weighted by Crippen LogP contribution is 2.38. The first-order valence-electron chi connectivity index (χ1n) is 6.93. The van der Waals surface area contributed by atoms with Gasteiger partial charge >= 0.3 is 7.12 Å². The van der Waals surface area contributed by atoms with Gasteiger partial charge in [0.25, 0.3) is 0 Å². The van der Waals surface area contributed by atoms with Crippen LogP contribution in [0.15, 0.2) is 23.9 Å². The molecule has 1 aromatic rings. The van der Waals surface area contributed by atoms with Gasteiger partial charge < -0.3 is 15.0 Å². The summed E-state index contributed by atoms with van der Waals surface area (Å²) in [6.45, 7) is 10.6. The van der Waals surface area contributed by atoms with Crippen LogP contribution in [0.25, 0.3) is 6.08 Å². The fourth-order valence-corrected chi connectivity index (χ4v) is 2.06. The topological polar surface area (TPSA) is 57.4 Å². The van der Waals surface area contributed by atoms with E-state index in [4.69, 9.17) is 15.0 Å². The van der Waals surface area contributed by atoms with Crippen LogP contribution in [0.1, 0.15) is 38.8 Å². The lowest BCUT2D eigenvalue weighted by molar-refractivity contribution is 0.00578. The van der Waals surface area contributed by atoms with Gasteiger partial charge in [0.05, 0.1) is 11.2 Å². The fraction of sp³-hybridized carbons (Fsp3) is 0.533. The van der Waals surface area contributed by atoms with E-state index in [1.165, 1.54) is 0 Å². The molecule has 2 N–H and O–H groups in total. The number of pyridine rings is 1. The Morgan fingerprint density at radius 3 is 2.40 bits per heavy atom. The summed E-state index contributed by atoms with van der Waals surface area (Å²) in [4.78, 5) is 4.10. The summed E-state index contributed by atoms with van der Waals surface area (Å²) in [5.41, 5.74) is 8.33. The summed E-state index contributed by atoms with van der Waals surface area (Å²) >= 11 is 0. The van der Waals surface area contributed by atoms with Crippen molar-refractivity contribution in [2.24, 2.45) is 5.73 Å². The second-order valence-electron chi connectivity index (χ2n) is 6.24. The molecule has 1 aromatic heterocycles. The molecule has 0 radical (unpaired) electrons. The summed E-state index contributed by atoms with van der Waals surface area (Å²) in [5, 5.41) is 0. The van der Waals surface area contributed by atoms with Gasteiger partial charge in [0, 0.05) is 18.9 Å². The average Bonchev–Trinajstić information content (AvgIpc) is 2.57. The third kappa shape index (κ3) is 2.80. The molecule has 0 aromatic carbocycles. The fourth-order valence-electron chi connectivity index (χ4n) is 2.06. The van der Waals surface area contributed by atoms with Crippen LogP contribution >= 0.6 is 0 Å². The summed E-state index contributed by atoms with van der Waals surface area (Å²) in [7, 11) is -0.391. The van der Waals surface area contributed by atoms with Crippen molar-refractivity contribution in [2.75, 3.05) is 6.54 Å². The molecular weight excluding hydrogens is 251 g/mol. The van der Waals surface area contributed by atoms with Gasteiger partial charge in [0.2, 0.25) is 0 Å². The van der Waals surface area contributed by atoms with Gasteiger partial charge in [0.1, 0.15) is 0 Å². The molecule has 20 heavy (non-hydrogen) atoms. The molecule has 0 spiro atoms. The van der Waals surface area contributed by atoms with E-state index in [-0.39, 0.29) is 11.2 Å². The highest BCUT2D eigenvalue weighted by molar-refractivity contribution is 6.55. The Hall–Kier alpha value is -1.17. The van der Waals surface area contributed by atoms with Crippen molar-refractivity contribution in [3.8, 4) is 0 Å². The van der Waals surface area contributed by atoms with Crippen LogP contribution in [0.4, 0.5) is 0 Å². The van der Waals surface area contributed by atoms with Gasteiger partial charge in [0.15, 0.2) is 0 Å². The van der Waals surface area contributed by atoms with Crippen molar-refractivity contribution in [3.05, 3.63) is 35.1 Å². The summed E-state index contributed by atoms with van der Waals surface area (Å²) < 4.78 is 12.1. The molecule has 1 saturated heterocycles. The molecule has 0 amide bonds. The van der Waals surface area contributed by atoms with Crippen LogP contribution in [0.2, 0.25) is 0 Å². The number of rotatable bonds is 3. The van der Waals surface area contributed by atoms with Crippen molar-refractivity contribution in [1.29, 1.82) is 0 Å². The van der Waals surface area contributed by atoms with Gasteiger partial charge in [-0.1, -0.05) is 6.08 Å². The second-order valence-corrected chi connectivity index (χ2v) is 6.24. The number of hydrogen-bond donors (Lipinski definition) is 1. The standard InChI is InChI=1S/C15H23BN2O2/c1-11-10-18-7-6-12(11)8-13(9-17)16-19-14(2,3)15(4,5)20-16/h6-8,10H,9,17H2,1-5H3. The Kier molecular flexibility index (Phi) is 4.05. The van der Waals surface area contributed by atoms with E-state index in [1.807, 2.05) is 53.0 Å². The highest BCUT2D eigenvalue weighted by atomic mass is 16.7. The van der Waals surface area contributed by atoms with E-state index in [0.29, 0.717) is 6.54 Å². The Balaban J connectivity index is 2.29. The molecule has 5 heteroatoms. The number of aromatic nitrogens is 1. The number of aryl methyl sites for hydroxylation is 1. The predicted octanol–water partition coefficient (Wildman–Crippen LogP) is 2.36. The molecule has 2 heterocycles. The Morgan fingerprint density at radius 1 is 1.30 bits per heavy atom. The molecule has 1 fully saturated rings. The first-order valence-corrected chi connectivity index (χ1v) is 6.93. The Bertz CT molecular complexity index is 510. The van der Waals surface area contributed by atoms with Crippen LogP contribution < -0.4 is 5.73 Å². The highest BCUT2D eigenvalue weighted by Gasteiger charge is 2.52. The van der Waals surface area contributed by atoms with Crippen molar-refractivity contribution >= 4 is 13.2 Å². The Labute approximate surface area is 121 Å². The van der Waals surface area contributed by atoms with Crippen molar-refractivity contribution in [1.82, 2.24) is 4.98 Å². The molecule has 2 rings (SSSR count). The number of hydrogen-bond acceptors (Lipinski definition) is 4. The molecule has 1 aliphatic rings. The quantitative estimate of drug-likeness (QED) is 0.860. The lowest BCUT2D eigenvalue weighted by Crippen LogP contribution is -2.41. The van der Waals surface area contributed by atoms with Crippen LogP contribution in [0, 0.1) is 6.92 Å². The zero-order valence-corrected chi connectivity index (χ0v) is 12.9. The third-order valence-electron chi connectivity index (χ3n) is 4.20. The lowest BCUT2D eigenvalue weighted by Gasteiger charge is -2.32. The minimum absolute atomic E-state index is 0.348. The first kappa shape index (κ1) is 15.2. The SMILES string of the molecule is Cc1cnccc1C=C(CN)B1OC(C)(C)C(C)(C)O1. The smallest absolute Gasteiger partial charge is 0.400 e. The minimum Gasteiger partial charge on any atom is -0.400 e. The van der Waals surface area contributed by atoms with E-state index in [2.05, 4.69) is 4.98 Å². The molecule has 108 valence electrons. The van der Waals surface area contributed by atoms with Crippen LogP contribution in [0.5, 0.6) is 0 Å². The van der Waals surface area contributed by atoms with E-state index in [9.17, 15) is 0 Å². The van der Waals surface area contributed by atoms with E-state index in [1.54, 1.807) is 6.20 Å². The van der Waals surface area contributed by atoms with E-state index in [0.717, 1.165) is 16.6 Å². The van der Waals surface area contributed by atoms with E-state index < -0.39 is 7.12 Å². The van der Waals surface area contributed by atoms with Crippen molar-refractivity contribution in [3.63, 3.8) is 0 Å². The first-order chi connectivity index (χ1) is 9.27. The van der Waals surface area contributed by atoms with Crippen molar-refractivity contribution in [2.45, 2.75) is 45.8 Å². The summed E-state index contributed by atoms with van der Waals surface area (Å²) in [6, 6.07) is 1.97. The van der Waals surface area contributed by atoms with Gasteiger partial charge in [-0.2, -0.15) is 0 Å². The number of nitrogens with zero attached hydrogens (tertiary/aromatic N) is 1. The molecular formula is C15H23BN2O2. The Morgan fingerprint density at radius 2 is 1.90 bits per heavy atom. The molecule has 0 saturated carbocycles. The zero-order chi connectivity index (χ0) is 15.0. The van der Waals surface area contributed by atoms with Gasteiger partial charge in [-0.25, -0.2) is 0 Å². The van der Waals surface area contributed by atoms with Crippen LogP contribution in [-0.4, -0.2) is 29.8 Å². The molecule has 0 bridgehead atoms. The molecule has 4 nitrogen and oxygen atoms in total. The maximum absolute atomic E-state index is 6.04. The molecule has 0 aliphatic carbocycles. The van der Waals surface area contributed by atoms with Gasteiger partial charge in [-0.15, -0.1) is 0 Å². The van der Waals surface area contributed by atoms with Crippen molar-refractivity contribution < 1.29 is 9.31 Å². The zero-order valence-electron chi connectivity index (χ0n) is 12.9. The number of nitrogens with two attached hydrogens (primary N) is 1. The van der Waals surface area contributed by atoms with Gasteiger partial charge in [-0.05, 0) is 57.3 Å².